The van der Waals surface area contributed by atoms with E-state index in [9.17, 15) is 4.79 Å². The van der Waals surface area contributed by atoms with Gasteiger partial charge in [0.05, 0.1) is 31.1 Å². The average Bonchev–Trinajstić information content (AvgIpc) is 3.15. The van der Waals surface area contributed by atoms with Crippen LogP contribution in [0.25, 0.3) is 11.3 Å². The Kier molecular flexibility index (Phi) is 6.44. The van der Waals surface area contributed by atoms with Gasteiger partial charge in [0.1, 0.15) is 11.5 Å². The normalized spacial score (nSPS) is 10.6. The number of rotatable bonds is 7. The number of nitrogens with one attached hydrogen (secondary N) is 1. The predicted molar refractivity (Wildman–Crippen MR) is 108 cm³/mol. The smallest absolute Gasteiger partial charge is 0.224 e. The molecular formula is C20H18Cl2N2O4. The minimum atomic E-state index is -0.187. The maximum atomic E-state index is 12.3. The van der Waals surface area contributed by atoms with Crippen molar-refractivity contribution in [2.75, 3.05) is 19.5 Å². The largest absolute Gasteiger partial charge is 0.497 e. The number of nitrogens with zero attached hydrogens (tertiary/aromatic N) is 1. The van der Waals surface area contributed by atoms with E-state index in [1.54, 1.807) is 49.7 Å². The zero-order chi connectivity index (χ0) is 20.1. The van der Waals surface area contributed by atoms with Crippen LogP contribution >= 0.6 is 23.2 Å². The number of benzene rings is 2. The second kappa shape index (κ2) is 8.99. The second-order valence-corrected chi connectivity index (χ2v) is 6.70. The first-order chi connectivity index (χ1) is 13.5. The Morgan fingerprint density at radius 3 is 2.68 bits per heavy atom. The lowest BCUT2D eigenvalue weighted by atomic mass is 10.2. The molecule has 0 bridgehead atoms. The molecule has 3 rings (SSSR count). The van der Waals surface area contributed by atoms with Crippen LogP contribution in [-0.2, 0) is 11.2 Å². The lowest BCUT2D eigenvalue weighted by molar-refractivity contribution is -0.116. The van der Waals surface area contributed by atoms with Crippen molar-refractivity contribution in [1.29, 1.82) is 0 Å². The Bertz CT molecular complexity index is 988. The van der Waals surface area contributed by atoms with E-state index < -0.39 is 0 Å². The molecule has 0 aliphatic heterocycles. The Hall–Kier alpha value is -2.70. The number of ether oxygens (including phenoxy) is 2. The van der Waals surface area contributed by atoms with Gasteiger partial charge in [0.25, 0.3) is 0 Å². The quantitative estimate of drug-likeness (QED) is 0.565. The summed E-state index contributed by atoms with van der Waals surface area (Å²) >= 11 is 12.1. The first kappa shape index (κ1) is 20.0. The molecule has 0 aliphatic carbocycles. The third kappa shape index (κ3) is 4.77. The minimum Gasteiger partial charge on any atom is -0.497 e. The molecule has 1 aromatic heterocycles. The lowest BCUT2D eigenvalue weighted by Gasteiger charge is -2.11. The van der Waals surface area contributed by atoms with E-state index in [4.69, 9.17) is 37.1 Å². The van der Waals surface area contributed by atoms with Crippen LogP contribution < -0.4 is 14.8 Å². The van der Waals surface area contributed by atoms with Gasteiger partial charge in [-0.2, -0.15) is 0 Å². The van der Waals surface area contributed by atoms with E-state index in [1.165, 1.54) is 7.11 Å². The number of oxazole rings is 1. The molecule has 146 valence electrons. The van der Waals surface area contributed by atoms with E-state index in [0.717, 1.165) is 0 Å². The van der Waals surface area contributed by atoms with Gasteiger partial charge in [-0.15, -0.1) is 0 Å². The van der Waals surface area contributed by atoms with Gasteiger partial charge in [0, 0.05) is 29.5 Å². The summed E-state index contributed by atoms with van der Waals surface area (Å²) in [5.74, 6) is 1.94. The number of carbonyl (C=O) groups excluding carboxylic acids is 1. The summed E-state index contributed by atoms with van der Waals surface area (Å²) in [4.78, 5) is 16.5. The summed E-state index contributed by atoms with van der Waals surface area (Å²) in [6.45, 7) is 0. The van der Waals surface area contributed by atoms with Gasteiger partial charge in [-0.05, 0) is 30.3 Å². The molecule has 0 radical (unpaired) electrons. The van der Waals surface area contributed by atoms with E-state index in [-0.39, 0.29) is 12.3 Å². The number of amides is 1. The molecule has 0 atom stereocenters. The molecule has 1 amide bonds. The van der Waals surface area contributed by atoms with Crippen molar-refractivity contribution in [3.8, 4) is 22.8 Å². The van der Waals surface area contributed by atoms with Crippen molar-refractivity contribution in [2.45, 2.75) is 12.8 Å². The fourth-order valence-corrected chi connectivity index (χ4v) is 3.08. The molecule has 1 heterocycles. The zero-order valence-electron chi connectivity index (χ0n) is 15.3. The van der Waals surface area contributed by atoms with Crippen molar-refractivity contribution < 1.29 is 18.7 Å². The van der Waals surface area contributed by atoms with Crippen molar-refractivity contribution in [3.05, 3.63) is 58.5 Å². The highest BCUT2D eigenvalue weighted by Gasteiger charge is 2.13. The highest BCUT2D eigenvalue weighted by atomic mass is 35.5. The minimum absolute atomic E-state index is 0.187. The maximum absolute atomic E-state index is 12.3. The maximum Gasteiger partial charge on any atom is 0.224 e. The molecule has 0 saturated carbocycles. The summed E-state index contributed by atoms with van der Waals surface area (Å²) in [6.07, 6.45) is 2.12. The Balaban J connectivity index is 1.62. The Morgan fingerprint density at radius 1 is 1.14 bits per heavy atom. The summed E-state index contributed by atoms with van der Waals surface area (Å²) in [6, 6.07) is 10.3. The van der Waals surface area contributed by atoms with Crippen molar-refractivity contribution in [3.63, 3.8) is 0 Å². The first-order valence-corrected chi connectivity index (χ1v) is 9.17. The van der Waals surface area contributed by atoms with Crippen LogP contribution in [0.2, 0.25) is 10.0 Å². The highest BCUT2D eigenvalue weighted by Crippen LogP contribution is 2.31. The van der Waals surface area contributed by atoms with Crippen molar-refractivity contribution in [1.82, 2.24) is 4.98 Å². The van der Waals surface area contributed by atoms with Crippen LogP contribution in [0.4, 0.5) is 5.69 Å². The number of carbonyl (C=O) groups is 1. The van der Waals surface area contributed by atoms with Crippen molar-refractivity contribution >= 4 is 34.8 Å². The Morgan fingerprint density at radius 2 is 1.96 bits per heavy atom. The molecule has 3 aromatic rings. The Labute approximate surface area is 172 Å². The molecule has 6 nitrogen and oxygen atoms in total. The SMILES string of the molecule is COc1ccc(NC(=O)CCc2ncc(-c3ccc(Cl)cc3Cl)o2)c(OC)c1. The molecule has 0 saturated heterocycles. The van der Waals surface area contributed by atoms with Crippen LogP contribution in [0.15, 0.2) is 47.0 Å². The number of halogens is 2. The van der Waals surface area contributed by atoms with Crippen LogP contribution in [0.1, 0.15) is 12.3 Å². The van der Waals surface area contributed by atoms with E-state index in [0.29, 0.717) is 50.9 Å². The van der Waals surface area contributed by atoms with Gasteiger partial charge in [-0.3, -0.25) is 4.79 Å². The molecular weight excluding hydrogens is 403 g/mol. The number of methoxy groups -OCH3 is 2. The number of anilines is 1. The van der Waals surface area contributed by atoms with Crippen LogP contribution in [-0.4, -0.2) is 25.1 Å². The topological polar surface area (TPSA) is 73.6 Å². The van der Waals surface area contributed by atoms with Crippen molar-refractivity contribution in [2.24, 2.45) is 0 Å². The molecule has 8 heteroatoms. The molecule has 0 fully saturated rings. The van der Waals surface area contributed by atoms with E-state index >= 15 is 0 Å². The standard InChI is InChI=1S/C20H18Cl2N2O4/c1-26-13-4-6-16(17(10-13)27-2)24-19(25)7-8-20-23-11-18(28-20)14-5-3-12(21)9-15(14)22/h3-6,9-11H,7-8H2,1-2H3,(H,24,25). The van der Waals surface area contributed by atoms with Gasteiger partial charge in [-0.25, -0.2) is 4.98 Å². The zero-order valence-corrected chi connectivity index (χ0v) is 16.8. The van der Waals surface area contributed by atoms with Gasteiger partial charge < -0.3 is 19.2 Å². The monoisotopic (exact) mass is 420 g/mol. The highest BCUT2D eigenvalue weighted by molar-refractivity contribution is 6.36. The number of aryl methyl sites for hydroxylation is 1. The molecule has 1 N–H and O–H groups in total. The average molecular weight is 421 g/mol. The van der Waals surface area contributed by atoms with Crippen LogP contribution in [0, 0.1) is 0 Å². The molecule has 28 heavy (non-hydrogen) atoms. The third-order valence-corrected chi connectivity index (χ3v) is 4.55. The van der Waals surface area contributed by atoms with Gasteiger partial charge in [0.15, 0.2) is 11.7 Å². The van der Waals surface area contributed by atoms with Crippen LogP contribution in [0.3, 0.4) is 0 Å². The van der Waals surface area contributed by atoms with Gasteiger partial charge >= 0.3 is 0 Å². The number of hydrogen-bond acceptors (Lipinski definition) is 5. The predicted octanol–water partition coefficient (Wildman–Crippen LogP) is 5.24. The summed E-state index contributed by atoms with van der Waals surface area (Å²) in [5, 5.41) is 3.82. The third-order valence-electron chi connectivity index (χ3n) is 4.00. The lowest BCUT2D eigenvalue weighted by Crippen LogP contribution is -2.13. The number of aromatic nitrogens is 1. The summed E-state index contributed by atoms with van der Waals surface area (Å²) in [7, 11) is 3.09. The summed E-state index contributed by atoms with van der Waals surface area (Å²) < 4.78 is 16.1. The summed E-state index contributed by atoms with van der Waals surface area (Å²) in [5.41, 5.74) is 1.26. The molecule has 0 unspecified atom stereocenters. The van der Waals surface area contributed by atoms with Gasteiger partial charge in [-0.1, -0.05) is 23.2 Å². The van der Waals surface area contributed by atoms with Gasteiger partial charge in [0.2, 0.25) is 5.91 Å². The second-order valence-electron chi connectivity index (χ2n) is 5.86. The van der Waals surface area contributed by atoms with Crippen LogP contribution in [0.5, 0.6) is 11.5 Å². The molecule has 0 aliphatic rings. The first-order valence-electron chi connectivity index (χ1n) is 8.42. The van der Waals surface area contributed by atoms with E-state index in [1.807, 2.05) is 0 Å². The molecule has 0 spiro atoms. The number of hydrogen-bond donors (Lipinski definition) is 1. The van der Waals surface area contributed by atoms with E-state index in [2.05, 4.69) is 10.3 Å². The fraction of sp³-hybridized carbons (Fsp3) is 0.200. The fourth-order valence-electron chi connectivity index (χ4n) is 2.57. The molecule has 2 aromatic carbocycles.